The van der Waals surface area contributed by atoms with Crippen LogP contribution in [0.4, 0.5) is 0 Å². The Morgan fingerprint density at radius 2 is 2.36 bits per heavy atom. The van der Waals surface area contributed by atoms with Gasteiger partial charge in [-0.05, 0) is 25.0 Å². The summed E-state index contributed by atoms with van der Waals surface area (Å²) in [5.41, 5.74) is 0.672. The van der Waals surface area contributed by atoms with Gasteiger partial charge in [0.1, 0.15) is 0 Å². The van der Waals surface area contributed by atoms with Crippen molar-refractivity contribution < 1.29 is 4.79 Å². The molecule has 4 heteroatoms. The van der Waals surface area contributed by atoms with Crippen molar-refractivity contribution in [2.45, 2.75) is 25.3 Å². The predicted molar refractivity (Wildman–Crippen MR) is 54.0 cm³/mol. The molecular formula is C10H11ClN2O. The molecule has 1 N–H and O–H groups in total. The summed E-state index contributed by atoms with van der Waals surface area (Å²) in [5.74, 6) is 0.0903. The fourth-order valence-corrected chi connectivity index (χ4v) is 1.90. The van der Waals surface area contributed by atoms with E-state index in [-0.39, 0.29) is 11.4 Å². The van der Waals surface area contributed by atoms with Crippen molar-refractivity contribution >= 4 is 17.5 Å². The molecule has 1 aliphatic rings. The Bertz CT molecular complexity index is 380. The maximum atomic E-state index is 11.2. The first-order chi connectivity index (χ1) is 6.60. The standard InChI is InChI=1S/C10H11ClN2O/c1-10(3-2-9(14)13-10)7-4-8(11)6-12-5-7/h4-6H,2-3H2,1H3,(H,13,14). The lowest BCUT2D eigenvalue weighted by molar-refractivity contribution is -0.119. The Balaban J connectivity index is 2.34. The highest BCUT2D eigenvalue weighted by Gasteiger charge is 2.34. The van der Waals surface area contributed by atoms with Crippen molar-refractivity contribution in [1.82, 2.24) is 10.3 Å². The van der Waals surface area contributed by atoms with Crippen molar-refractivity contribution in [2.75, 3.05) is 0 Å². The number of carbonyl (C=O) groups excluding carboxylic acids is 1. The zero-order valence-corrected chi connectivity index (χ0v) is 8.64. The lowest BCUT2D eigenvalue weighted by Crippen LogP contribution is -2.35. The van der Waals surface area contributed by atoms with E-state index in [1.165, 1.54) is 0 Å². The van der Waals surface area contributed by atoms with Gasteiger partial charge in [0, 0.05) is 18.8 Å². The molecule has 0 saturated carbocycles. The number of nitrogens with zero attached hydrogens (tertiary/aromatic N) is 1. The average molecular weight is 211 g/mol. The van der Waals surface area contributed by atoms with Gasteiger partial charge in [-0.3, -0.25) is 9.78 Å². The summed E-state index contributed by atoms with van der Waals surface area (Å²) >= 11 is 5.85. The Kier molecular flexibility index (Phi) is 2.19. The van der Waals surface area contributed by atoms with Crippen LogP contribution in [-0.2, 0) is 10.3 Å². The molecule has 1 unspecified atom stereocenters. The zero-order chi connectivity index (χ0) is 10.2. The lowest BCUT2D eigenvalue weighted by Gasteiger charge is -2.24. The summed E-state index contributed by atoms with van der Waals surface area (Å²) in [6, 6.07) is 1.85. The van der Waals surface area contributed by atoms with Gasteiger partial charge < -0.3 is 5.32 Å². The van der Waals surface area contributed by atoms with Crippen molar-refractivity contribution in [2.24, 2.45) is 0 Å². The van der Waals surface area contributed by atoms with Crippen LogP contribution in [0.1, 0.15) is 25.3 Å². The molecule has 1 atom stereocenters. The first-order valence-corrected chi connectivity index (χ1v) is 4.90. The van der Waals surface area contributed by atoms with Gasteiger partial charge in [-0.2, -0.15) is 0 Å². The van der Waals surface area contributed by atoms with E-state index in [1.807, 2.05) is 13.0 Å². The van der Waals surface area contributed by atoms with Gasteiger partial charge in [0.25, 0.3) is 0 Å². The largest absolute Gasteiger partial charge is 0.347 e. The number of nitrogens with one attached hydrogen (secondary N) is 1. The lowest BCUT2D eigenvalue weighted by atomic mass is 9.92. The number of amides is 1. The van der Waals surface area contributed by atoms with Crippen molar-refractivity contribution in [1.29, 1.82) is 0 Å². The highest BCUT2D eigenvalue weighted by molar-refractivity contribution is 6.30. The normalized spacial score (nSPS) is 26.3. The molecule has 1 fully saturated rings. The van der Waals surface area contributed by atoms with Crippen LogP contribution in [0.15, 0.2) is 18.5 Å². The zero-order valence-electron chi connectivity index (χ0n) is 7.88. The summed E-state index contributed by atoms with van der Waals surface area (Å²) in [6.07, 6.45) is 4.71. The minimum atomic E-state index is -0.297. The molecule has 2 heterocycles. The van der Waals surface area contributed by atoms with Crippen molar-refractivity contribution in [3.63, 3.8) is 0 Å². The van der Waals surface area contributed by atoms with Gasteiger partial charge in [0.2, 0.25) is 5.91 Å². The second kappa shape index (κ2) is 3.24. The van der Waals surface area contributed by atoms with Crippen molar-refractivity contribution in [3.05, 3.63) is 29.0 Å². The number of hydrogen-bond acceptors (Lipinski definition) is 2. The molecule has 0 aliphatic carbocycles. The van der Waals surface area contributed by atoms with Crippen LogP contribution < -0.4 is 5.32 Å². The summed E-state index contributed by atoms with van der Waals surface area (Å²) in [5, 5.41) is 3.54. The highest BCUT2D eigenvalue weighted by Crippen LogP contribution is 2.31. The minimum Gasteiger partial charge on any atom is -0.347 e. The van der Waals surface area contributed by atoms with Crippen LogP contribution in [0.25, 0.3) is 0 Å². The number of carbonyl (C=O) groups is 1. The number of pyridine rings is 1. The molecule has 0 aromatic carbocycles. The van der Waals surface area contributed by atoms with E-state index >= 15 is 0 Å². The number of aromatic nitrogens is 1. The van der Waals surface area contributed by atoms with Crippen LogP contribution in [0, 0.1) is 0 Å². The van der Waals surface area contributed by atoms with Gasteiger partial charge in [0.05, 0.1) is 10.6 Å². The second-order valence-corrected chi connectivity index (χ2v) is 4.21. The number of rotatable bonds is 1. The molecular weight excluding hydrogens is 200 g/mol. The van der Waals surface area contributed by atoms with E-state index < -0.39 is 0 Å². The third-order valence-electron chi connectivity index (χ3n) is 2.61. The molecule has 1 aliphatic heterocycles. The first-order valence-electron chi connectivity index (χ1n) is 4.52. The summed E-state index contributed by atoms with van der Waals surface area (Å²) < 4.78 is 0. The van der Waals surface area contributed by atoms with E-state index in [1.54, 1.807) is 12.4 Å². The first kappa shape index (κ1) is 9.46. The van der Waals surface area contributed by atoms with E-state index in [2.05, 4.69) is 10.3 Å². The van der Waals surface area contributed by atoms with E-state index in [9.17, 15) is 4.79 Å². The van der Waals surface area contributed by atoms with Crippen LogP contribution in [0.3, 0.4) is 0 Å². The monoisotopic (exact) mass is 210 g/mol. The Morgan fingerprint density at radius 3 is 2.93 bits per heavy atom. The van der Waals surface area contributed by atoms with Gasteiger partial charge in [0.15, 0.2) is 0 Å². The Morgan fingerprint density at radius 1 is 1.57 bits per heavy atom. The maximum Gasteiger partial charge on any atom is 0.220 e. The predicted octanol–water partition coefficient (Wildman–Crippen LogP) is 1.86. The minimum absolute atomic E-state index is 0.0903. The molecule has 1 saturated heterocycles. The quantitative estimate of drug-likeness (QED) is 0.769. The smallest absolute Gasteiger partial charge is 0.220 e. The average Bonchev–Trinajstić information content (AvgIpc) is 2.48. The fourth-order valence-electron chi connectivity index (χ4n) is 1.73. The molecule has 1 amide bonds. The van der Waals surface area contributed by atoms with Gasteiger partial charge >= 0.3 is 0 Å². The molecule has 74 valence electrons. The van der Waals surface area contributed by atoms with Crippen molar-refractivity contribution in [3.8, 4) is 0 Å². The third-order valence-corrected chi connectivity index (χ3v) is 2.82. The topological polar surface area (TPSA) is 42.0 Å². The fraction of sp³-hybridized carbons (Fsp3) is 0.400. The van der Waals surface area contributed by atoms with Gasteiger partial charge in [-0.15, -0.1) is 0 Å². The Labute approximate surface area is 87.5 Å². The SMILES string of the molecule is CC1(c2cncc(Cl)c2)CCC(=O)N1. The third kappa shape index (κ3) is 1.60. The van der Waals surface area contributed by atoms with Gasteiger partial charge in [-0.25, -0.2) is 0 Å². The van der Waals surface area contributed by atoms with Crippen LogP contribution in [-0.4, -0.2) is 10.9 Å². The Hall–Kier alpha value is -1.09. The molecule has 3 nitrogen and oxygen atoms in total. The second-order valence-electron chi connectivity index (χ2n) is 3.77. The molecule has 2 rings (SSSR count). The molecule has 1 aromatic rings. The van der Waals surface area contributed by atoms with Gasteiger partial charge in [-0.1, -0.05) is 11.6 Å². The number of halogens is 1. The highest BCUT2D eigenvalue weighted by atomic mass is 35.5. The van der Waals surface area contributed by atoms with Crippen LogP contribution in [0.5, 0.6) is 0 Å². The van der Waals surface area contributed by atoms with Crippen LogP contribution in [0.2, 0.25) is 5.02 Å². The molecule has 0 radical (unpaired) electrons. The molecule has 0 spiro atoms. The summed E-state index contributed by atoms with van der Waals surface area (Å²) in [6.45, 7) is 1.99. The molecule has 0 bridgehead atoms. The molecule has 1 aromatic heterocycles. The summed E-state index contributed by atoms with van der Waals surface area (Å²) in [7, 11) is 0. The molecule has 14 heavy (non-hydrogen) atoms. The van der Waals surface area contributed by atoms with Crippen LogP contribution >= 0.6 is 11.6 Å². The van der Waals surface area contributed by atoms with E-state index in [0.717, 1.165) is 12.0 Å². The van der Waals surface area contributed by atoms with E-state index in [0.29, 0.717) is 11.4 Å². The van der Waals surface area contributed by atoms with E-state index in [4.69, 9.17) is 11.6 Å². The maximum absolute atomic E-state index is 11.2. The number of hydrogen-bond donors (Lipinski definition) is 1. The summed E-state index contributed by atoms with van der Waals surface area (Å²) in [4.78, 5) is 15.2.